The minimum atomic E-state index is -0.576. The molecule has 78 valence electrons. The Hall–Kier alpha value is -1.06. The van der Waals surface area contributed by atoms with E-state index < -0.39 is 6.03 Å². The van der Waals surface area contributed by atoms with E-state index in [-0.39, 0.29) is 0 Å². The number of carbonyl (C=O) groups is 1. The fourth-order valence-corrected chi connectivity index (χ4v) is 2.98. The van der Waals surface area contributed by atoms with Crippen LogP contribution in [0.5, 0.6) is 0 Å². The summed E-state index contributed by atoms with van der Waals surface area (Å²) in [5.74, 6) is 2.29. The Kier molecular flexibility index (Phi) is 2.44. The highest BCUT2D eigenvalue weighted by molar-refractivity contribution is 5.86. The second kappa shape index (κ2) is 3.59. The van der Waals surface area contributed by atoms with Crippen LogP contribution in [-0.2, 0) is 0 Å². The van der Waals surface area contributed by atoms with Crippen LogP contribution in [0.15, 0.2) is 5.10 Å². The van der Waals surface area contributed by atoms with Gasteiger partial charge in [0.2, 0.25) is 0 Å². The second-order valence-corrected chi connectivity index (χ2v) is 4.51. The molecular weight excluding hydrogens is 178 g/mol. The summed E-state index contributed by atoms with van der Waals surface area (Å²) in [5.41, 5.74) is 8.30. The fraction of sp³-hybridized carbons (Fsp3) is 0.800. The van der Waals surface area contributed by atoms with Crippen molar-refractivity contribution in [2.75, 3.05) is 0 Å². The lowest BCUT2D eigenvalue weighted by molar-refractivity contribution is 0.249. The SMILES string of the molecule is C/C(=N\NC(N)=O)C1CC2CCC1C2. The topological polar surface area (TPSA) is 67.5 Å². The molecule has 0 heterocycles. The van der Waals surface area contributed by atoms with E-state index >= 15 is 0 Å². The molecule has 3 unspecified atom stereocenters. The Morgan fingerprint density at radius 2 is 2.21 bits per heavy atom. The highest BCUT2D eigenvalue weighted by Gasteiger charge is 2.40. The summed E-state index contributed by atoms with van der Waals surface area (Å²) in [6, 6.07) is -0.576. The van der Waals surface area contributed by atoms with Gasteiger partial charge in [0.1, 0.15) is 0 Å². The highest BCUT2D eigenvalue weighted by Crippen LogP contribution is 2.48. The normalized spacial score (nSPS) is 36.1. The molecular formula is C10H17N3O. The summed E-state index contributed by atoms with van der Waals surface area (Å²) in [7, 11) is 0. The van der Waals surface area contributed by atoms with E-state index in [1.165, 1.54) is 25.7 Å². The molecule has 0 aromatic carbocycles. The van der Waals surface area contributed by atoms with Crippen LogP contribution in [0.25, 0.3) is 0 Å². The van der Waals surface area contributed by atoms with E-state index in [1.54, 1.807) is 0 Å². The molecule has 0 saturated heterocycles. The summed E-state index contributed by atoms with van der Waals surface area (Å²) in [5, 5.41) is 4.02. The molecule has 14 heavy (non-hydrogen) atoms. The third-order valence-corrected chi connectivity index (χ3v) is 3.62. The number of nitrogens with one attached hydrogen (secondary N) is 1. The average Bonchev–Trinajstić information content (AvgIpc) is 2.74. The van der Waals surface area contributed by atoms with Gasteiger partial charge in [-0.05, 0) is 38.0 Å². The molecule has 0 aromatic rings. The standard InChI is InChI=1S/C10H17N3O/c1-6(12-13-10(11)14)9-5-7-2-3-8(9)4-7/h7-9H,2-5H2,1H3,(H3,11,13,14)/b12-6+. The van der Waals surface area contributed by atoms with E-state index in [9.17, 15) is 4.79 Å². The van der Waals surface area contributed by atoms with Gasteiger partial charge >= 0.3 is 6.03 Å². The van der Waals surface area contributed by atoms with Crippen molar-refractivity contribution in [2.24, 2.45) is 28.6 Å². The van der Waals surface area contributed by atoms with Gasteiger partial charge in [-0.25, -0.2) is 10.2 Å². The molecule has 0 aliphatic heterocycles. The van der Waals surface area contributed by atoms with E-state index in [0.29, 0.717) is 5.92 Å². The highest BCUT2D eigenvalue weighted by atomic mass is 16.2. The lowest BCUT2D eigenvalue weighted by Crippen LogP contribution is -2.28. The molecule has 4 nitrogen and oxygen atoms in total. The molecule has 0 radical (unpaired) electrons. The molecule has 0 aromatic heterocycles. The summed E-state index contributed by atoms with van der Waals surface area (Å²) in [4.78, 5) is 10.5. The summed E-state index contributed by atoms with van der Waals surface area (Å²) >= 11 is 0. The number of primary amides is 1. The maximum atomic E-state index is 10.5. The number of rotatable bonds is 2. The zero-order valence-corrected chi connectivity index (χ0v) is 8.49. The van der Waals surface area contributed by atoms with Crippen molar-refractivity contribution in [3.63, 3.8) is 0 Å². The van der Waals surface area contributed by atoms with Gasteiger partial charge < -0.3 is 5.73 Å². The van der Waals surface area contributed by atoms with Crippen LogP contribution in [0, 0.1) is 17.8 Å². The Labute approximate surface area is 83.9 Å². The first-order valence-corrected chi connectivity index (χ1v) is 5.26. The average molecular weight is 195 g/mol. The van der Waals surface area contributed by atoms with Crippen molar-refractivity contribution in [2.45, 2.75) is 32.6 Å². The van der Waals surface area contributed by atoms with Gasteiger partial charge in [0.25, 0.3) is 0 Å². The Morgan fingerprint density at radius 3 is 2.71 bits per heavy atom. The Bertz CT molecular complexity index is 275. The van der Waals surface area contributed by atoms with Crippen LogP contribution in [0.1, 0.15) is 32.6 Å². The monoisotopic (exact) mass is 195 g/mol. The number of hydrazone groups is 1. The molecule has 3 N–H and O–H groups in total. The third-order valence-electron chi connectivity index (χ3n) is 3.62. The maximum Gasteiger partial charge on any atom is 0.332 e. The van der Waals surface area contributed by atoms with Gasteiger partial charge in [0, 0.05) is 11.6 Å². The van der Waals surface area contributed by atoms with Crippen molar-refractivity contribution < 1.29 is 4.79 Å². The van der Waals surface area contributed by atoms with Crippen LogP contribution in [0.3, 0.4) is 0 Å². The predicted molar refractivity (Wildman–Crippen MR) is 54.8 cm³/mol. The van der Waals surface area contributed by atoms with E-state index in [0.717, 1.165) is 17.5 Å². The third kappa shape index (κ3) is 1.74. The molecule has 2 aliphatic carbocycles. The molecule has 2 fully saturated rings. The van der Waals surface area contributed by atoms with Gasteiger partial charge in [-0.2, -0.15) is 5.10 Å². The van der Waals surface area contributed by atoms with Crippen LogP contribution >= 0.6 is 0 Å². The number of carbonyl (C=O) groups excluding carboxylic acids is 1. The van der Waals surface area contributed by atoms with Crippen molar-refractivity contribution in [3.05, 3.63) is 0 Å². The molecule has 2 rings (SSSR count). The van der Waals surface area contributed by atoms with Crippen LogP contribution in [0.4, 0.5) is 4.79 Å². The molecule has 4 heteroatoms. The zero-order chi connectivity index (χ0) is 10.1. The van der Waals surface area contributed by atoms with Crippen LogP contribution in [-0.4, -0.2) is 11.7 Å². The largest absolute Gasteiger partial charge is 0.350 e. The molecule has 2 bridgehead atoms. The number of urea groups is 1. The van der Waals surface area contributed by atoms with Crippen molar-refractivity contribution in [3.8, 4) is 0 Å². The Morgan fingerprint density at radius 1 is 1.43 bits per heavy atom. The number of nitrogens with zero attached hydrogens (tertiary/aromatic N) is 1. The lowest BCUT2D eigenvalue weighted by atomic mass is 9.86. The maximum absolute atomic E-state index is 10.5. The quantitative estimate of drug-likeness (QED) is 0.508. The van der Waals surface area contributed by atoms with Crippen molar-refractivity contribution in [1.82, 2.24) is 5.43 Å². The van der Waals surface area contributed by atoms with E-state index in [2.05, 4.69) is 10.5 Å². The minimum absolute atomic E-state index is 0.576. The minimum Gasteiger partial charge on any atom is -0.350 e. The second-order valence-electron chi connectivity index (χ2n) is 4.51. The van der Waals surface area contributed by atoms with E-state index in [1.807, 2.05) is 6.92 Å². The van der Waals surface area contributed by atoms with Crippen LogP contribution < -0.4 is 11.2 Å². The smallest absolute Gasteiger partial charge is 0.332 e. The first-order valence-electron chi connectivity index (χ1n) is 5.26. The number of amides is 2. The number of hydrogen-bond acceptors (Lipinski definition) is 2. The number of hydrogen-bond donors (Lipinski definition) is 2. The van der Waals surface area contributed by atoms with Gasteiger partial charge in [-0.3, -0.25) is 0 Å². The molecule has 3 atom stereocenters. The van der Waals surface area contributed by atoms with Gasteiger partial charge in [0.05, 0.1) is 0 Å². The fourth-order valence-electron chi connectivity index (χ4n) is 2.98. The summed E-state index contributed by atoms with van der Waals surface area (Å²) in [6.07, 6.45) is 5.32. The van der Waals surface area contributed by atoms with E-state index in [4.69, 9.17) is 5.73 Å². The predicted octanol–water partition coefficient (Wildman–Crippen LogP) is 1.47. The molecule has 2 amide bonds. The first kappa shape index (κ1) is 9.49. The van der Waals surface area contributed by atoms with Crippen molar-refractivity contribution >= 4 is 11.7 Å². The van der Waals surface area contributed by atoms with Crippen molar-refractivity contribution in [1.29, 1.82) is 0 Å². The Balaban J connectivity index is 1.95. The summed E-state index contributed by atoms with van der Waals surface area (Å²) < 4.78 is 0. The molecule has 2 saturated carbocycles. The number of nitrogens with two attached hydrogens (primary N) is 1. The first-order chi connectivity index (χ1) is 6.66. The van der Waals surface area contributed by atoms with Gasteiger partial charge in [-0.1, -0.05) is 6.42 Å². The van der Waals surface area contributed by atoms with Gasteiger partial charge in [-0.15, -0.1) is 0 Å². The number of fused-ring (bicyclic) bond motifs is 2. The van der Waals surface area contributed by atoms with Gasteiger partial charge in [0.15, 0.2) is 0 Å². The summed E-state index contributed by atoms with van der Waals surface area (Å²) in [6.45, 7) is 1.99. The molecule has 2 aliphatic rings. The zero-order valence-electron chi connectivity index (χ0n) is 8.49. The lowest BCUT2D eigenvalue weighted by Gasteiger charge is -2.20. The van der Waals surface area contributed by atoms with Crippen LogP contribution in [0.2, 0.25) is 0 Å². The molecule has 0 spiro atoms.